The molecule has 1 aromatic rings. The molecule has 0 unspecified atom stereocenters. The topological polar surface area (TPSA) is 9.23 Å². The lowest BCUT2D eigenvalue weighted by molar-refractivity contribution is 0.317. The molecule has 0 atom stereocenters. The molecular formula is C9H11I3OSi. The average molecular weight is 544 g/mol. The van der Waals surface area contributed by atoms with Crippen molar-refractivity contribution in [3.8, 4) is 5.75 Å². The van der Waals surface area contributed by atoms with E-state index in [2.05, 4.69) is 79.9 Å². The van der Waals surface area contributed by atoms with Crippen LogP contribution in [0.15, 0.2) is 12.1 Å². The van der Waals surface area contributed by atoms with Crippen molar-refractivity contribution in [2.45, 2.75) is 12.5 Å². The van der Waals surface area contributed by atoms with Gasteiger partial charge in [-0.2, -0.15) is 0 Å². The highest BCUT2D eigenvalue weighted by Gasteiger charge is 2.04. The monoisotopic (exact) mass is 544 g/mol. The fourth-order valence-corrected chi connectivity index (χ4v) is 3.26. The van der Waals surface area contributed by atoms with E-state index >= 15 is 0 Å². The second-order valence-corrected chi connectivity index (χ2v) is 7.31. The summed E-state index contributed by atoms with van der Waals surface area (Å²) in [6.07, 6.45) is 1.19. The van der Waals surface area contributed by atoms with Crippen LogP contribution in [0.4, 0.5) is 0 Å². The van der Waals surface area contributed by atoms with Crippen LogP contribution in [0.1, 0.15) is 6.42 Å². The third-order valence-corrected chi connectivity index (χ3v) is 7.36. The summed E-state index contributed by atoms with van der Waals surface area (Å²) in [6, 6.07) is 5.54. The van der Waals surface area contributed by atoms with E-state index in [1.54, 1.807) is 0 Å². The zero-order chi connectivity index (χ0) is 10.6. The quantitative estimate of drug-likeness (QED) is 0.246. The lowest BCUT2D eigenvalue weighted by Gasteiger charge is -2.08. The molecule has 1 aromatic carbocycles. The minimum atomic E-state index is 0.857. The van der Waals surface area contributed by atoms with Crippen LogP contribution in [0.5, 0.6) is 5.75 Å². The normalized spacial score (nSPS) is 10.5. The van der Waals surface area contributed by atoms with Gasteiger partial charge in [0.05, 0.1) is 6.61 Å². The maximum atomic E-state index is 5.67. The lowest BCUT2D eigenvalue weighted by atomic mass is 10.3. The first kappa shape index (κ1) is 13.5. The van der Waals surface area contributed by atoms with Crippen molar-refractivity contribution in [3.63, 3.8) is 0 Å². The summed E-state index contributed by atoms with van der Waals surface area (Å²) < 4.78 is 9.54. The van der Waals surface area contributed by atoms with Crippen LogP contribution in [0.2, 0.25) is 6.04 Å². The molecule has 0 aliphatic heterocycles. The first-order valence-electron chi connectivity index (χ1n) is 4.42. The molecule has 0 heterocycles. The van der Waals surface area contributed by atoms with Crippen molar-refractivity contribution in [1.82, 2.24) is 0 Å². The third-order valence-electron chi connectivity index (χ3n) is 1.72. The Morgan fingerprint density at radius 2 is 1.71 bits per heavy atom. The molecule has 1 nitrogen and oxygen atoms in total. The molecule has 0 fully saturated rings. The summed E-state index contributed by atoms with van der Waals surface area (Å²) in [5, 5.41) is 0. The van der Waals surface area contributed by atoms with Gasteiger partial charge in [0.1, 0.15) is 5.75 Å². The van der Waals surface area contributed by atoms with Gasteiger partial charge < -0.3 is 4.74 Å². The van der Waals surface area contributed by atoms with Gasteiger partial charge in [0.2, 0.25) is 0 Å². The molecule has 0 radical (unpaired) electrons. The standard InChI is InChI=1S/C9H11I3OSi/c10-7-4-6(13-2-1-3-14)5-8(11)9(7)12/h4-5H,1-3H2,14H3. The first-order chi connectivity index (χ1) is 6.65. The van der Waals surface area contributed by atoms with Crippen molar-refractivity contribution >= 4 is 78.0 Å². The van der Waals surface area contributed by atoms with E-state index < -0.39 is 0 Å². The number of benzene rings is 1. The van der Waals surface area contributed by atoms with Crippen molar-refractivity contribution in [2.75, 3.05) is 6.61 Å². The summed E-state index contributed by atoms with van der Waals surface area (Å²) in [6.45, 7) is 0.857. The summed E-state index contributed by atoms with van der Waals surface area (Å²) in [5.74, 6) is 1.01. The Morgan fingerprint density at radius 1 is 1.14 bits per heavy atom. The van der Waals surface area contributed by atoms with Crippen LogP contribution in [-0.4, -0.2) is 16.8 Å². The largest absolute Gasteiger partial charge is 0.494 e. The zero-order valence-corrected chi connectivity index (χ0v) is 16.3. The SMILES string of the molecule is [SiH3]CCCOc1cc(I)c(I)c(I)c1. The molecule has 0 aliphatic carbocycles. The highest BCUT2D eigenvalue weighted by molar-refractivity contribution is 14.1. The molecule has 78 valence electrons. The van der Waals surface area contributed by atoms with Crippen LogP contribution in [0.25, 0.3) is 0 Å². The Balaban J connectivity index is 2.69. The van der Waals surface area contributed by atoms with Crippen molar-refractivity contribution < 1.29 is 4.74 Å². The summed E-state index contributed by atoms with van der Waals surface area (Å²) in [4.78, 5) is 0. The van der Waals surface area contributed by atoms with Crippen molar-refractivity contribution in [1.29, 1.82) is 0 Å². The van der Waals surface area contributed by atoms with Gasteiger partial charge in [0, 0.05) is 21.0 Å². The van der Waals surface area contributed by atoms with E-state index in [0.717, 1.165) is 12.4 Å². The number of hydrogen-bond acceptors (Lipinski definition) is 1. The van der Waals surface area contributed by atoms with E-state index in [1.807, 2.05) is 0 Å². The van der Waals surface area contributed by atoms with Crippen LogP contribution in [0, 0.1) is 10.7 Å². The molecule has 0 aliphatic rings. The molecule has 0 saturated heterocycles. The number of halogens is 3. The molecule has 0 aromatic heterocycles. The second-order valence-electron chi connectivity index (χ2n) is 2.90. The summed E-state index contributed by atoms with van der Waals surface area (Å²) >= 11 is 7.07. The Kier molecular flexibility index (Phi) is 6.64. The Morgan fingerprint density at radius 3 is 2.21 bits per heavy atom. The smallest absolute Gasteiger partial charge is 0.121 e. The van der Waals surface area contributed by atoms with E-state index in [4.69, 9.17) is 4.74 Å². The molecule has 14 heavy (non-hydrogen) atoms. The first-order valence-corrected chi connectivity index (χ1v) is 9.07. The predicted molar refractivity (Wildman–Crippen MR) is 89.5 cm³/mol. The van der Waals surface area contributed by atoms with Crippen LogP contribution in [0.3, 0.4) is 0 Å². The molecule has 0 spiro atoms. The minimum Gasteiger partial charge on any atom is -0.494 e. The Bertz CT molecular complexity index is 294. The number of ether oxygens (including phenoxy) is 1. The van der Waals surface area contributed by atoms with E-state index in [-0.39, 0.29) is 0 Å². The highest BCUT2D eigenvalue weighted by Crippen LogP contribution is 2.26. The fraction of sp³-hybridized carbons (Fsp3) is 0.333. The molecule has 0 amide bonds. The molecule has 0 bridgehead atoms. The maximum Gasteiger partial charge on any atom is 0.121 e. The number of rotatable bonds is 4. The predicted octanol–water partition coefficient (Wildman–Crippen LogP) is 3.05. The van der Waals surface area contributed by atoms with Crippen LogP contribution >= 0.6 is 67.8 Å². The Labute approximate surface area is 129 Å². The van der Waals surface area contributed by atoms with Crippen molar-refractivity contribution in [3.05, 3.63) is 22.8 Å². The Hall–Kier alpha value is 1.43. The van der Waals surface area contributed by atoms with Gasteiger partial charge >= 0.3 is 0 Å². The second kappa shape index (κ2) is 6.89. The van der Waals surface area contributed by atoms with E-state index in [1.165, 1.54) is 33.4 Å². The van der Waals surface area contributed by atoms with E-state index in [0.29, 0.717) is 0 Å². The maximum absolute atomic E-state index is 5.67. The van der Waals surface area contributed by atoms with Crippen LogP contribution < -0.4 is 4.74 Å². The van der Waals surface area contributed by atoms with Gasteiger partial charge in [0.15, 0.2) is 0 Å². The fourth-order valence-electron chi connectivity index (χ4n) is 0.950. The minimum absolute atomic E-state index is 0.857. The van der Waals surface area contributed by atoms with Crippen molar-refractivity contribution in [2.24, 2.45) is 0 Å². The highest BCUT2D eigenvalue weighted by atomic mass is 127. The summed E-state index contributed by atoms with van der Waals surface area (Å²) in [5.41, 5.74) is 0. The lowest BCUT2D eigenvalue weighted by Crippen LogP contribution is -1.98. The number of hydrogen-bond donors (Lipinski definition) is 0. The zero-order valence-electron chi connectivity index (χ0n) is 7.82. The molecule has 1 rings (SSSR count). The van der Waals surface area contributed by atoms with Gasteiger partial charge in [-0.05, 0) is 86.3 Å². The van der Waals surface area contributed by atoms with Gasteiger partial charge in [-0.15, -0.1) is 0 Å². The molecule has 5 heteroatoms. The third kappa shape index (κ3) is 4.12. The van der Waals surface area contributed by atoms with Gasteiger partial charge in [0.25, 0.3) is 0 Å². The van der Waals surface area contributed by atoms with Crippen LogP contribution in [-0.2, 0) is 0 Å². The van der Waals surface area contributed by atoms with Gasteiger partial charge in [-0.1, -0.05) is 6.04 Å². The van der Waals surface area contributed by atoms with Gasteiger partial charge in [-0.3, -0.25) is 0 Å². The average Bonchev–Trinajstić information content (AvgIpc) is 2.14. The summed E-state index contributed by atoms with van der Waals surface area (Å²) in [7, 11) is 1.28. The molecule has 0 N–H and O–H groups in total. The molecule has 0 saturated carbocycles. The molecular weight excluding hydrogens is 533 g/mol. The van der Waals surface area contributed by atoms with E-state index in [9.17, 15) is 0 Å². The van der Waals surface area contributed by atoms with Gasteiger partial charge in [-0.25, -0.2) is 0 Å².